The molecule has 4 rings (SSSR count). The van der Waals surface area contributed by atoms with E-state index in [0.717, 1.165) is 35.6 Å². The van der Waals surface area contributed by atoms with E-state index in [1.54, 1.807) is 0 Å². The number of pyridine rings is 1. The van der Waals surface area contributed by atoms with E-state index in [-0.39, 0.29) is 0 Å². The molecule has 3 aromatic rings. The van der Waals surface area contributed by atoms with Crippen molar-refractivity contribution in [3.05, 3.63) is 47.7 Å². The highest BCUT2D eigenvalue weighted by atomic mass is 15.1. The summed E-state index contributed by atoms with van der Waals surface area (Å²) in [6.07, 6.45) is 4.27. The van der Waals surface area contributed by atoms with Crippen molar-refractivity contribution in [2.45, 2.75) is 25.7 Å². The minimum absolute atomic E-state index is 0.644. The van der Waals surface area contributed by atoms with Crippen LogP contribution >= 0.6 is 0 Å². The molecular weight excluding hydrogens is 322 g/mol. The molecule has 0 atom stereocenters. The summed E-state index contributed by atoms with van der Waals surface area (Å²) in [7, 11) is 2.02. The number of aromatic amines is 1. The Kier molecular flexibility index (Phi) is 5.00. The zero-order valence-corrected chi connectivity index (χ0v) is 15.6. The smallest absolute Gasteiger partial charge is 0.157 e. The third kappa shape index (κ3) is 3.50. The number of rotatable bonds is 5. The monoisotopic (exact) mass is 349 g/mol. The van der Waals surface area contributed by atoms with Crippen LogP contribution < -0.4 is 5.32 Å². The van der Waals surface area contributed by atoms with E-state index in [1.165, 1.54) is 37.1 Å². The van der Waals surface area contributed by atoms with Gasteiger partial charge in [0.2, 0.25) is 0 Å². The molecule has 1 aliphatic rings. The maximum Gasteiger partial charge on any atom is 0.157 e. The lowest BCUT2D eigenvalue weighted by molar-refractivity contribution is 0.214. The Labute approximate surface area is 154 Å². The van der Waals surface area contributed by atoms with Crippen LogP contribution in [0.1, 0.15) is 29.9 Å². The molecule has 1 aromatic carbocycles. The first kappa shape index (κ1) is 17.2. The number of hydrogen-bond donors (Lipinski definition) is 2. The molecule has 0 unspecified atom stereocenters. The first-order valence-corrected chi connectivity index (χ1v) is 9.53. The number of nitrogens with one attached hydrogen (secondary N) is 2. The maximum atomic E-state index is 4.78. The van der Waals surface area contributed by atoms with Gasteiger partial charge < -0.3 is 15.2 Å². The van der Waals surface area contributed by atoms with Crippen LogP contribution in [0.15, 0.2) is 36.5 Å². The third-order valence-electron chi connectivity index (χ3n) is 5.44. The second kappa shape index (κ2) is 7.56. The molecule has 3 heterocycles. The number of hydrogen-bond acceptors (Lipinski definition) is 4. The largest absolute Gasteiger partial charge is 0.337 e. The van der Waals surface area contributed by atoms with E-state index in [9.17, 15) is 0 Å². The van der Waals surface area contributed by atoms with Crippen LogP contribution in [0.5, 0.6) is 0 Å². The summed E-state index contributed by atoms with van der Waals surface area (Å²) in [5, 5.41) is 3.24. The highest BCUT2D eigenvalue weighted by Crippen LogP contribution is 2.32. The van der Waals surface area contributed by atoms with Crippen LogP contribution in [-0.2, 0) is 0 Å². The Balaban J connectivity index is 1.56. The molecule has 1 fully saturated rings. The summed E-state index contributed by atoms with van der Waals surface area (Å²) in [6, 6.07) is 10.6. The Morgan fingerprint density at radius 1 is 1.23 bits per heavy atom. The number of imidazole rings is 1. The number of nitrogens with zero attached hydrogens (tertiary/aromatic N) is 3. The molecule has 5 nitrogen and oxygen atoms in total. The number of fused-ring (bicyclic) bond motifs is 1. The van der Waals surface area contributed by atoms with Gasteiger partial charge in [-0.2, -0.15) is 0 Å². The van der Waals surface area contributed by atoms with Crippen molar-refractivity contribution in [1.29, 1.82) is 0 Å². The van der Waals surface area contributed by atoms with Gasteiger partial charge in [-0.25, -0.2) is 4.98 Å². The van der Waals surface area contributed by atoms with Crippen molar-refractivity contribution in [1.82, 2.24) is 25.2 Å². The molecule has 1 aliphatic heterocycles. The number of piperidine rings is 1. The lowest BCUT2D eigenvalue weighted by Gasteiger charge is -2.32. The normalized spacial score (nSPS) is 16.4. The Bertz CT molecular complexity index is 863. The van der Waals surface area contributed by atoms with Crippen LogP contribution in [0.3, 0.4) is 0 Å². The second-order valence-electron chi connectivity index (χ2n) is 7.25. The van der Waals surface area contributed by atoms with Crippen molar-refractivity contribution < 1.29 is 0 Å². The molecule has 0 spiro atoms. The number of benzene rings is 1. The molecule has 0 bridgehead atoms. The predicted molar refractivity (Wildman–Crippen MR) is 106 cm³/mol. The van der Waals surface area contributed by atoms with Gasteiger partial charge in [-0.05, 0) is 75.1 Å². The van der Waals surface area contributed by atoms with E-state index in [2.05, 4.69) is 39.2 Å². The van der Waals surface area contributed by atoms with Crippen molar-refractivity contribution in [2.24, 2.45) is 0 Å². The molecule has 2 N–H and O–H groups in total. The fourth-order valence-corrected chi connectivity index (χ4v) is 3.94. The van der Waals surface area contributed by atoms with Crippen molar-refractivity contribution in [3.63, 3.8) is 0 Å². The first-order valence-electron chi connectivity index (χ1n) is 9.53. The van der Waals surface area contributed by atoms with Gasteiger partial charge in [0.1, 0.15) is 5.69 Å². The van der Waals surface area contributed by atoms with E-state index < -0.39 is 0 Å². The van der Waals surface area contributed by atoms with Crippen molar-refractivity contribution >= 4 is 11.0 Å². The van der Waals surface area contributed by atoms with Gasteiger partial charge >= 0.3 is 0 Å². The lowest BCUT2D eigenvalue weighted by Crippen LogP contribution is -2.37. The van der Waals surface area contributed by atoms with E-state index >= 15 is 0 Å². The van der Waals surface area contributed by atoms with Gasteiger partial charge in [-0.1, -0.05) is 12.1 Å². The second-order valence-corrected chi connectivity index (χ2v) is 7.25. The van der Waals surface area contributed by atoms with Gasteiger partial charge in [0.15, 0.2) is 5.82 Å². The van der Waals surface area contributed by atoms with Gasteiger partial charge in [-0.15, -0.1) is 0 Å². The van der Waals surface area contributed by atoms with E-state index in [0.29, 0.717) is 5.92 Å². The summed E-state index contributed by atoms with van der Waals surface area (Å²) >= 11 is 0. The minimum atomic E-state index is 0.644. The average Bonchev–Trinajstić information content (AvgIpc) is 3.12. The highest BCUT2D eigenvalue weighted by molar-refractivity contribution is 5.82. The zero-order chi connectivity index (χ0) is 17.9. The number of likely N-dealkylation sites (tertiary alicyclic amines) is 1. The SMILES string of the molecule is CNCCN1CCC(c2cc(C)c3nc(-c4ccccn4)[nH]c3c2)CC1. The summed E-state index contributed by atoms with van der Waals surface area (Å²) in [4.78, 5) is 15.2. The Hall–Kier alpha value is -2.24. The fraction of sp³-hybridized carbons (Fsp3) is 0.429. The van der Waals surface area contributed by atoms with Crippen LogP contribution in [0.4, 0.5) is 0 Å². The molecular formula is C21H27N5. The highest BCUT2D eigenvalue weighted by Gasteiger charge is 2.21. The maximum absolute atomic E-state index is 4.78. The zero-order valence-electron chi connectivity index (χ0n) is 15.6. The number of likely N-dealkylation sites (N-methyl/N-ethyl adjacent to an activating group) is 1. The molecule has 0 amide bonds. The van der Waals surface area contributed by atoms with Gasteiger partial charge in [0.05, 0.1) is 11.0 Å². The summed E-state index contributed by atoms with van der Waals surface area (Å²) in [5.74, 6) is 1.49. The number of aromatic nitrogens is 3. The van der Waals surface area contributed by atoms with Crippen LogP contribution in [0.2, 0.25) is 0 Å². The summed E-state index contributed by atoms with van der Waals surface area (Å²) in [5.41, 5.74) is 5.76. The predicted octanol–water partition coefficient (Wildman–Crippen LogP) is 3.33. The van der Waals surface area contributed by atoms with Gasteiger partial charge in [0, 0.05) is 19.3 Å². The minimum Gasteiger partial charge on any atom is -0.337 e. The van der Waals surface area contributed by atoms with E-state index in [1.807, 2.05) is 31.4 Å². The average molecular weight is 349 g/mol. The van der Waals surface area contributed by atoms with Crippen molar-refractivity contribution in [3.8, 4) is 11.5 Å². The van der Waals surface area contributed by atoms with Gasteiger partial charge in [-0.3, -0.25) is 4.98 Å². The molecule has 0 radical (unpaired) electrons. The molecule has 2 aromatic heterocycles. The molecule has 26 heavy (non-hydrogen) atoms. The molecule has 0 aliphatic carbocycles. The standard InChI is InChI=1S/C21H27N5/c1-15-13-17(16-6-10-26(11-7-16)12-9-22-2)14-19-20(15)25-21(24-19)18-5-3-4-8-23-18/h3-5,8,13-14,16,22H,6-7,9-12H2,1-2H3,(H,24,25). The summed E-state index contributed by atoms with van der Waals surface area (Å²) in [6.45, 7) is 6.75. The molecule has 0 saturated carbocycles. The Morgan fingerprint density at radius 3 is 2.81 bits per heavy atom. The van der Waals surface area contributed by atoms with Crippen LogP contribution in [0, 0.1) is 6.92 Å². The third-order valence-corrected chi connectivity index (χ3v) is 5.44. The molecule has 136 valence electrons. The number of aryl methyl sites for hydroxylation is 1. The van der Waals surface area contributed by atoms with Crippen LogP contribution in [-0.4, -0.2) is 53.1 Å². The quantitative estimate of drug-likeness (QED) is 0.742. The number of H-pyrrole nitrogens is 1. The molecule has 1 saturated heterocycles. The first-order chi connectivity index (χ1) is 12.7. The van der Waals surface area contributed by atoms with Crippen LogP contribution in [0.25, 0.3) is 22.6 Å². The topological polar surface area (TPSA) is 56.8 Å². The summed E-state index contributed by atoms with van der Waals surface area (Å²) < 4.78 is 0. The fourth-order valence-electron chi connectivity index (χ4n) is 3.94. The lowest BCUT2D eigenvalue weighted by atomic mass is 9.88. The molecule has 5 heteroatoms. The Morgan fingerprint density at radius 2 is 2.08 bits per heavy atom. The van der Waals surface area contributed by atoms with E-state index in [4.69, 9.17) is 4.98 Å². The van der Waals surface area contributed by atoms with Crippen molar-refractivity contribution in [2.75, 3.05) is 33.2 Å². The van der Waals surface area contributed by atoms with Gasteiger partial charge in [0.25, 0.3) is 0 Å².